The first-order valence-corrected chi connectivity index (χ1v) is 18.9. The number of nitrogens with zero attached hydrogens (tertiary/aromatic N) is 4. The van der Waals surface area contributed by atoms with Gasteiger partial charge in [-0.05, 0) is 65.5 Å². The van der Waals surface area contributed by atoms with E-state index in [4.69, 9.17) is 9.47 Å². The standard InChI is InChI=1S/C34H47F4N5O4S/c1-21-19-42(13-12-41(21)5)26-17-25(35)28(22-10-9-11-43(20-22)33(45)47-34(2,3)4)29(36)30(26)40-32(44)24-18-39-27(16-23(24)31(37)38)46-14-15-48(6,7)8/h10,16-18,21,31H,9,11-15,19-20H2,1-8H3,(H,40,44)/t21-/m0/s1. The topological polar surface area (TPSA) is 87.2 Å². The molecule has 9 nitrogen and oxygen atoms in total. The summed E-state index contributed by atoms with van der Waals surface area (Å²) in [4.78, 5) is 35.8. The molecule has 1 atom stereocenters. The van der Waals surface area contributed by atoms with Gasteiger partial charge >= 0.3 is 6.09 Å². The molecule has 0 radical (unpaired) electrons. The van der Waals surface area contributed by atoms with Crippen LogP contribution >= 0.6 is 10.0 Å². The van der Waals surface area contributed by atoms with Gasteiger partial charge in [0.2, 0.25) is 5.88 Å². The number of anilines is 2. The summed E-state index contributed by atoms with van der Waals surface area (Å²) >= 11 is 0. The van der Waals surface area contributed by atoms with Crippen molar-refractivity contribution in [1.29, 1.82) is 0 Å². The molecule has 4 rings (SSSR count). The Balaban J connectivity index is 1.72. The molecule has 0 bridgehead atoms. The van der Waals surface area contributed by atoms with Crippen molar-refractivity contribution < 1.29 is 36.6 Å². The van der Waals surface area contributed by atoms with Gasteiger partial charge < -0.3 is 29.5 Å². The molecule has 0 aliphatic carbocycles. The Labute approximate surface area is 282 Å². The summed E-state index contributed by atoms with van der Waals surface area (Å²) in [6, 6.07) is 2.20. The Bertz CT molecular complexity index is 1540. The summed E-state index contributed by atoms with van der Waals surface area (Å²) < 4.78 is 72.3. The summed E-state index contributed by atoms with van der Waals surface area (Å²) in [6.07, 6.45) is 5.57. The Morgan fingerprint density at radius 3 is 2.46 bits per heavy atom. The van der Waals surface area contributed by atoms with Gasteiger partial charge in [-0.2, -0.15) is 0 Å². The Kier molecular flexibility index (Phi) is 11.6. The number of ether oxygens (including phenoxy) is 2. The van der Waals surface area contributed by atoms with Crippen molar-refractivity contribution in [1.82, 2.24) is 14.8 Å². The molecule has 1 aromatic carbocycles. The molecule has 0 saturated carbocycles. The van der Waals surface area contributed by atoms with Gasteiger partial charge in [0.1, 0.15) is 17.1 Å². The maximum Gasteiger partial charge on any atom is 0.410 e. The predicted octanol–water partition coefficient (Wildman–Crippen LogP) is 6.79. The second kappa shape index (κ2) is 14.9. The number of alkyl halides is 2. The lowest BCUT2D eigenvalue weighted by atomic mass is 9.97. The predicted molar refractivity (Wildman–Crippen MR) is 184 cm³/mol. The minimum absolute atomic E-state index is 0.0265. The van der Waals surface area contributed by atoms with Crippen LogP contribution in [0.15, 0.2) is 24.4 Å². The minimum Gasteiger partial charge on any atom is -0.477 e. The first-order chi connectivity index (χ1) is 22.3. The smallest absolute Gasteiger partial charge is 0.410 e. The fourth-order valence-electron chi connectivity index (χ4n) is 5.42. The molecule has 2 amide bonds. The second-order valence-electron chi connectivity index (χ2n) is 14.1. The van der Waals surface area contributed by atoms with Crippen LogP contribution in [0.4, 0.5) is 33.7 Å². The third-order valence-electron chi connectivity index (χ3n) is 8.20. The van der Waals surface area contributed by atoms with Crippen molar-refractivity contribution in [3.63, 3.8) is 0 Å². The molecule has 1 N–H and O–H groups in total. The Morgan fingerprint density at radius 1 is 1.12 bits per heavy atom. The van der Waals surface area contributed by atoms with E-state index in [0.29, 0.717) is 32.6 Å². The van der Waals surface area contributed by atoms with Crippen LogP contribution in [0.3, 0.4) is 0 Å². The van der Waals surface area contributed by atoms with Gasteiger partial charge in [0.25, 0.3) is 12.3 Å². The number of halogens is 4. The second-order valence-corrected chi connectivity index (χ2v) is 18.7. The van der Waals surface area contributed by atoms with E-state index in [1.807, 2.05) is 14.0 Å². The molecule has 3 heterocycles. The number of aromatic nitrogens is 1. The molecule has 1 saturated heterocycles. The maximum absolute atomic E-state index is 16.7. The van der Waals surface area contributed by atoms with Gasteiger partial charge in [0, 0.05) is 68.4 Å². The zero-order chi connectivity index (χ0) is 35.6. The van der Waals surface area contributed by atoms with Gasteiger partial charge in [-0.25, -0.2) is 37.4 Å². The molecule has 14 heteroatoms. The molecule has 0 unspecified atom stereocenters. The number of amides is 2. The third kappa shape index (κ3) is 9.34. The molecule has 266 valence electrons. The van der Waals surface area contributed by atoms with Crippen LogP contribution in [-0.2, 0) is 4.74 Å². The highest BCUT2D eigenvalue weighted by molar-refractivity contribution is 8.32. The molecule has 2 aromatic rings. The average Bonchev–Trinajstić information content (AvgIpc) is 2.98. The van der Waals surface area contributed by atoms with Crippen LogP contribution in [0.25, 0.3) is 5.57 Å². The summed E-state index contributed by atoms with van der Waals surface area (Å²) in [6.45, 7) is 8.98. The van der Waals surface area contributed by atoms with Crippen molar-refractivity contribution in [2.24, 2.45) is 0 Å². The number of carbonyl (C=O) groups is 2. The molecular weight excluding hydrogens is 650 g/mol. The first kappa shape index (κ1) is 37.3. The monoisotopic (exact) mass is 697 g/mol. The molecule has 2 aliphatic heterocycles. The van der Waals surface area contributed by atoms with E-state index in [0.717, 1.165) is 24.1 Å². The van der Waals surface area contributed by atoms with E-state index >= 15 is 8.78 Å². The molecule has 1 fully saturated rings. The zero-order valence-corrected chi connectivity index (χ0v) is 29.8. The number of nitrogens with one attached hydrogen (secondary N) is 1. The summed E-state index contributed by atoms with van der Waals surface area (Å²) in [5, 5.41) is 2.49. The van der Waals surface area contributed by atoms with E-state index in [1.165, 1.54) is 4.90 Å². The van der Waals surface area contributed by atoms with E-state index in [9.17, 15) is 18.4 Å². The van der Waals surface area contributed by atoms with Crippen LogP contribution in [0.5, 0.6) is 5.88 Å². The zero-order valence-electron chi connectivity index (χ0n) is 29.0. The fraction of sp³-hybridized carbons (Fsp3) is 0.559. The maximum atomic E-state index is 16.7. The van der Waals surface area contributed by atoms with E-state index < -0.39 is 62.4 Å². The number of benzene rings is 1. The van der Waals surface area contributed by atoms with Crippen LogP contribution in [0.1, 0.15) is 62.0 Å². The number of pyridine rings is 1. The van der Waals surface area contributed by atoms with Crippen LogP contribution < -0.4 is 15.0 Å². The number of likely N-dealkylation sites (N-methyl/N-ethyl adjacent to an activating group) is 1. The molecule has 0 spiro atoms. The van der Waals surface area contributed by atoms with Gasteiger partial charge in [-0.15, -0.1) is 0 Å². The lowest BCUT2D eigenvalue weighted by Gasteiger charge is -2.40. The quantitative estimate of drug-likeness (QED) is 0.289. The highest BCUT2D eigenvalue weighted by Gasteiger charge is 2.32. The van der Waals surface area contributed by atoms with E-state index in [-0.39, 0.29) is 42.0 Å². The highest BCUT2D eigenvalue weighted by atomic mass is 32.3. The molecule has 2 aliphatic rings. The van der Waals surface area contributed by atoms with Crippen molar-refractivity contribution in [3.05, 3.63) is 52.7 Å². The van der Waals surface area contributed by atoms with Gasteiger partial charge in [0.15, 0.2) is 5.82 Å². The summed E-state index contributed by atoms with van der Waals surface area (Å²) in [7, 11) is 1.05. The number of rotatable bonds is 9. The van der Waals surface area contributed by atoms with Gasteiger partial charge in [-0.1, -0.05) is 6.08 Å². The molecule has 1 aromatic heterocycles. The van der Waals surface area contributed by atoms with E-state index in [1.54, 1.807) is 31.7 Å². The number of piperazine rings is 1. The minimum atomic E-state index is -3.05. The Morgan fingerprint density at radius 2 is 1.83 bits per heavy atom. The van der Waals surface area contributed by atoms with Crippen LogP contribution in [-0.4, -0.2) is 109 Å². The first-order valence-electron chi connectivity index (χ1n) is 15.9. The fourth-order valence-corrected chi connectivity index (χ4v) is 6.00. The van der Waals surface area contributed by atoms with E-state index in [2.05, 4.69) is 34.0 Å². The molecular formula is C34H47F4N5O4S. The average molecular weight is 698 g/mol. The molecule has 48 heavy (non-hydrogen) atoms. The van der Waals surface area contributed by atoms with Crippen LogP contribution in [0.2, 0.25) is 0 Å². The lowest BCUT2D eigenvalue weighted by Crippen LogP contribution is -2.50. The van der Waals surface area contributed by atoms with Crippen molar-refractivity contribution >= 4 is 39.0 Å². The van der Waals surface area contributed by atoms with Crippen LogP contribution in [0, 0.1) is 11.6 Å². The number of hydrogen-bond donors (Lipinski definition) is 1. The largest absolute Gasteiger partial charge is 0.477 e. The summed E-state index contributed by atoms with van der Waals surface area (Å²) in [5.41, 5.74) is -2.34. The van der Waals surface area contributed by atoms with Crippen molar-refractivity contribution in [2.75, 3.05) is 81.1 Å². The van der Waals surface area contributed by atoms with Gasteiger partial charge in [0.05, 0.1) is 23.4 Å². The lowest BCUT2D eigenvalue weighted by molar-refractivity contribution is 0.0272. The van der Waals surface area contributed by atoms with Crippen molar-refractivity contribution in [2.45, 2.75) is 52.2 Å². The SMILES string of the molecule is C[C@H]1CN(c2cc(F)c(C3=CCCN(C(=O)OC(C)(C)C)C3)c(F)c2NC(=O)c2cnc(OCCS(C)(C)C)cc2C(F)F)CCN1C. The number of carbonyl (C=O) groups excluding carboxylic acids is 2. The summed E-state index contributed by atoms with van der Waals surface area (Å²) in [5.74, 6) is -2.30. The third-order valence-corrected chi connectivity index (χ3v) is 9.59. The Hall–Kier alpha value is -3.52. The van der Waals surface area contributed by atoms with Crippen molar-refractivity contribution in [3.8, 4) is 5.88 Å². The number of hydrogen-bond acceptors (Lipinski definition) is 7. The highest BCUT2D eigenvalue weighted by Crippen LogP contribution is 2.39. The normalized spacial score (nSPS) is 18.1. The van der Waals surface area contributed by atoms with Gasteiger partial charge in [-0.3, -0.25) is 4.79 Å².